The number of pyridine rings is 1. The molecule has 1 aromatic heterocycles. The van der Waals surface area contributed by atoms with Gasteiger partial charge in [-0.1, -0.05) is 32.0 Å². The number of carboxylic acids is 1. The molecule has 0 bridgehead atoms. The predicted molar refractivity (Wildman–Crippen MR) is 91.8 cm³/mol. The molecule has 7 nitrogen and oxygen atoms in total. The summed E-state index contributed by atoms with van der Waals surface area (Å²) < 4.78 is 0. The fourth-order valence-corrected chi connectivity index (χ4v) is 3.26. The van der Waals surface area contributed by atoms with Crippen molar-refractivity contribution < 1.29 is 19.5 Å². The minimum Gasteiger partial charge on any atom is -0.481 e. The van der Waals surface area contributed by atoms with E-state index in [0.717, 1.165) is 5.39 Å². The summed E-state index contributed by atoms with van der Waals surface area (Å²) in [5.74, 6) is -3.12. The maximum absolute atomic E-state index is 12.1. The quantitative estimate of drug-likeness (QED) is 0.766. The Morgan fingerprint density at radius 2 is 1.88 bits per heavy atom. The molecule has 0 unspecified atom stereocenters. The second-order valence-electron chi connectivity index (χ2n) is 6.76. The highest BCUT2D eigenvalue weighted by atomic mass is 16.4. The van der Waals surface area contributed by atoms with Crippen molar-refractivity contribution in [3.63, 3.8) is 0 Å². The van der Waals surface area contributed by atoms with Gasteiger partial charge in [0.2, 0.25) is 11.8 Å². The van der Waals surface area contributed by atoms with Crippen molar-refractivity contribution in [1.82, 2.24) is 10.3 Å². The van der Waals surface area contributed by atoms with Crippen LogP contribution in [-0.4, -0.2) is 34.4 Å². The molecule has 0 spiro atoms. The van der Waals surface area contributed by atoms with Crippen LogP contribution in [0.25, 0.3) is 10.9 Å². The van der Waals surface area contributed by atoms with Crippen molar-refractivity contribution >= 4 is 34.4 Å². The van der Waals surface area contributed by atoms with E-state index in [0.29, 0.717) is 11.2 Å². The van der Waals surface area contributed by atoms with Crippen molar-refractivity contribution in [2.24, 2.45) is 17.3 Å². The molecule has 2 aromatic rings. The zero-order chi connectivity index (χ0) is 18.2. The Labute approximate surface area is 144 Å². The molecule has 1 aliphatic rings. The van der Waals surface area contributed by atoms with Crippen LogP contribution in [-0.2, 0) is 14.4 Å². The van der Waals surface area contributed by atoms with Gasteiger partial charge >= 0.3 is 5.97 Å². The smallest absolute Gasteiger partial charge is 0.307 e. The van der Waals surface area contributed by atoms with Crippen LogP contribution in [0.1, 0.15) is 13.8 Å². The van der Waals surface area contributed by atoms with Gasteiger partial charge in [0.25, 0.3) is 0 Å². The lowest BCUT2D eigenvalue weighted by atomic mass is 10.1. The van der Waals surface area contributed by atoms with Crippen molar-refractivity contribution in [1.29, 1.82) is 0 Å². The van der Waals surface area contributed by atoms with Gasteiger partial charge in [-0.25, -0.2) is 0 Å². The van der Waals surface area contributed by atoms with Gasteiger partial charge in [0.05, 0.1) is 29.6 Å². The molecule has 25 heavy (non-hydrogen) atoms. The molecule has 1 heterocycles. The molecule has 1 aliphatic carbocycles. The van der Waals surface area contributed by atoms with Gasteiger partial charge < -0.3 is 15.7 Å². The molecular weight excluding hydrogens is 322 g/mol. The second kappa shape index (κ2) is 6.16. The minimum atomic E-state index is -0.989. The van der Waals surface area contributed by atoms with E-state index in [1.807, 2.05) is 24.3 Å². The van der Waals surface area contributed by atoms with Gasteiger partial charge in [-0.15, -0.1) is 0 Å². The molecule has 2 amide bonds. The second-order valence-corrected chi connectivity index (χ2v) is 6.76. The number of benzene rings is 1. The number of carbonyl (C=O) groups excluding carboxylic acids is 2. The van der Waals surface area contributed by atoms with Gasteiger partial charge in [-0.2, -0.15) is 0 Å². The van der Waals surface area contributed by atoms with E-state index in [1.165, 1.54) is 0 Å². The first-order valence-electron chi connectivity index (χ1n) is 7.96. The van der Waals surface area contributed by atoms with Crippen molar-refractivity contribution in [2.75, 3.05) is 11.9 Å². The summed E-state index contributed by atoms with van der Waals surface area (Å²) in [5.41, 5.74) is 0.637. The summed E-state index contributed by atoms with van der Waals surface area (Å²) in [6.07, 6.45) is 1.64. The SMILES string of the molecule is CC1(C)[C@H](C(=O)O)[C@@H]1C(=O)NCC(=O)Nc1cccc2cccnc12. The zero-order valence-electron chi connectivity index (χ0n) is 13.9. The number of hydrogen-bond donors (Lipinski definition) is 3. The molecule has 3 rings (SSSR count). The molecule has 1 aromatic carbocycles. The average molecular weight is 341 g/mol. The van der Waals surface area contributed by atoms with Crippen molar-refractivity contribution in [2.45, 2.75) is 13.8 Å². The first kappa shape index (κ1) is 16.9. The van der Waals surface area contributed by atoms with E-state index < -0.39 is 35.0 Å². The monoisotopic (exact) mass is 341 g/mol. The lowest BCUT2D eigenvalue weighted by Gasteiger charge is -2.09. The lowest BCUT2D eigenvalue weighted by Crippen LogP contribution is -2.35. The molecule has 1 fully saturated rings. The molecule has 0 aliphatic heterocycles. The average Bonchev–Trinajstić information content (AvgIpc) is 3.16. The van der Waals surface area contributed by atoms with Gasteiger partial charge in [0.15, 0.2) is 0 Å². The number of aromatic nitrogens is 1. The Morgan fingerprint density at radius 1 is 1.16 bits per heavy atom. The van der Waals surface area contributed by atoms with Crippen LogP contribution in [0.5, 0.6) is 0 Å². The van der Waals surface area contributed by atoms with Crippen LogP contribution in [0.15, 0.2) is 36.5 Å². The van der Waals surface area contributed by atoms with E-state index in [-0.39, 0.29) is 6.54 Å². The van der Waals surface area contributed by atoms with Crippen LogP contribution < -0.4 is 10.6 Å². The number of aliphatic carboxylic acids is 1. The summed E-state index contributed by atoms with van der Waals surface area (Å²) in [6.45, 7) is 3.25. The Kier molecular flexibility index (Phi) is 4.16. The number of rotatable bonds is 5. The molecule has 1 saturated carbocycles. The number of nitrogens with zero attached hydrogens (tertiary/aromatic N) is 1. The third kappa shape index (κ3) is 3.17. The van der Waals surface area contributed by atoms with Crippen LogP contribution in [0.2, 0.25) is 0 Å². The molecule has 130 valence electrons. The summed E-state index contributed by atoms with van der Waals surface area (Å²) in [5, 5.41) is 15.3. The van der Waals surface area contributed by atoms with E-state index in [9.17, 15) is 14.4 Å². The van der Waals surface area contributed by atoms with Gasteiger partial charge in [-0.3, -0.25) is 19.4 Å². The number of carbonyl (C=O) groups is 3. The van der Waals surface area contributed by atoms with Crippen molar-refractivity contribution in [3.05, 3.63) is 36.5 Å². The maximum atomic E-state index is 12.1. The number of amides is 2. The molecule has 7 heteroatoms. The number of nitrogens with one attached hydrogen (secondary N) is 2. The normalized spacial score (nSPS) is 20.7. The van der Waals surface area contributed by atoms with Crippen molar-refractivity contribution in [3.8, 4) is 0 Å². The van der Waals surface area contributed by atoms with E-state index in [1.54, 1.807) is 26.1 Å². The Balaban J connectivity index is 1.60. The summed E-state index contributed by atoms with van der Waals surface area (Å²) in [6, 6.07) is 9.13. The fourth-order valence-electron chi connectivity index (χ4n) is 3.26. The number of hydrogen-bond acceptors (Lipinski definition) is 4. The van der Waals surface area contributed by atoms with Crippen LogP contribution in [0.4, 0.5) is 5.69 Å². The Morgan fingerprint density at radius 3 is 2.56 bits per heavy atom. The zero-order valence-corrected chi connectivity index (χ0v) is 13.9. The molecule has 0 saturated heterocycles. The topological polar surface area (TPSA) is 108 Å². The van der Waals surface area contributed by atoms with Crippen LogP contribution >= 0.6 is 0 Å². The van der Waals surface area contributed by atoms with Gasteiger partial charge in [0, 0.05) is 11.6 Å². The fraction of sp³-hybridized carbons (Fsp3) is 0.333. The first-order chi connectivity index (χ1) is 11.8. The number of anilines is 1. The molecule has 0 radical (unpaired) electrons. The standard InChI is InChI=1S/C18H19N3O4/c1-18(2)13(14(18)17(24)25)16(23)20-9-12(22)21-11-7-3-5-10-6-4-8-19-15(10)11/h3-8,13-14H,9H2,1-2H3,(H,20,23)(H,21,22)(H,24,25)/t13-,14+/m1/s1. The van der Waals surface area contributed by atoms with E-state index in [4.69, 9.17) is 5.11 Å². The van der Waals surface area contributed by atoms with Gasteiger partial charge in [0.1, 0.15) is 0 Å². The van der Waals surface area contributed by atoms with Gasteiger partial charge in [-0.05, 0) is 17.5 Å². The Bertz CT molecular complexity index is 857. The number of fused-ring (bicyclic) bond motifs is 1. The largest absolute Gasteiger partial charge is 0.481 e. The third-order valence-corrected chi connectivity index (χ3v) is 4.71. The lowest BCUT2D eigenvalue weighted by molar-refractivity contribution is -0.140. The van der Waals surface area contributed by atoms with E-state index >= 15 is 0 Å². The molecule has 3 N–H and O–H groups in total. The maximum Gasteiger partial charge on any atom is 0.307 e. The minimum absolute atomic E-state index is 0.221. The predicted octanol–water partition coefficient (Wildman–Crippen LogP) is 1.65. The molecular formula is C18H19N3O4. The first-order valence-corrected chi connectivity index (χ1v) is 7.96. The number of para-hydroxylation sites is 1. The summed E-state index contributed by atoms with van der Waals surface area (Å²) >= 11 is 0. The van der Waals surface area contributed by atoms with Crippen LogP contribution in [0, 0.1) is 17.3 Å². The highest BCUT2D eigenvalue weighted by Crippen LogP contribution is 2.58. The third-order valence-electron chi connectivity index (χ3n) is 4.71. The summed E-state index contributed by atoms with van der Waals surface area (Å²) in [7, 11) is 0. The highest BCUT2D eigenvalue weighted by molar-refractivity contribution is 6.02. The highest BCUT2D eigenvalue weighted by Gasteiger charge is 2.65. The molecule has 2 atom stereocenters. The Hall–Kier alpha value is -2.96. The van der Waals surface area contributed by atoms with E-state index in [2.05, 4.69) is 15.6 Å². The van der Waals surface area contributed by atoms with Crippen LogP contribution in [0.3, 0.4) is 0 Å². The summed E-state index contributed by atoms with van der Waals surface area (Å²) in [4.78, 5) is 39.6. The number of carboxylic acid groups (broad SMARTS) is 1.